The molecule has 1 atom stereocenters. The van der Waals surface area contributed by atoms with Crippen LogP contribution in [-0.2, 0) is 0 Å². The lowest BCUT2D eigenvalue weighted by Crippen LogP contribution is -2.36. The van der Waals surface area contributed by atoms with Crippen LogP contribution in [-0.4, -0.2) is 12.1 Å². The minimum Gasteiger partial charge on any atom is -0.335 e. The summed E-state index contributed by atoms with van der Waals surface area (Å²) in [6.45, 7) is 7.97. The Labute approximate surface area is 114 Å². The summed E-state index contributed by atoms with van der Waals surface area (Å²) >= 11 is 0. The van der Waals surface area contributed by atoms with Crippen LogP contribution >= 0.6 is 0 Å². The van der Waals surface area contributed by atoms with Crippen LogP contribution in [0.5, 0.6) is 0 Å². The van der Waals surface area contributed by atoms with E-state index in [1.54, 1.807) is 19.1 Å². The molecule has 1 aromatic rings. The first-order chi connectivity index (χ1) is 8.88. The van der Waals surface area contributed by atoms with Gasteiger partial charge in [0.15, 0.2) is 0 Å². The monoisotopic (exact) mass is 266 g/mol. The van der Waals surface area contributed by atoms with E-state index in [1.807, 2.05) is 6.92 Å². The van der Waals surface area contributed by atoms with Crippen molar-refractivity contribution < 1.29 is 9.18 Å². The fourth-order valence-electron chi connectivity index (χ4n) is 1.72. The van der Waals surface area contributed by atoms with E-state index in [0.29, 0.717) is 17.2 Å². The van der Waals surface area contributed by atoms with Gasteiger partial charge in [-0.25, -0.2) is 9.18 Å². The molecule has 0 fully saturated rings. The normalized spacial score (nSPS) is 12.3. The summed E-state index contributed by atoms with van der Waals surface area (Å²) in [5, 5.41) is 5.48. The number of rotatable bonds is 5. The quantitative estimate of drug-likeness (QED) is 0.828. The van der Waals surface area contributed by atoms with Gasteiger partial charge in [-0.2, -0.15) is 0 Å². The molecule has 0 aliphatic heterocycles. The van der Waals surface area contributed by atoms with Crippen LogP contribution in [0.1, 0.15) is 39.2 Å². The molecule has 0 bridgehead atoms. The third-order valence-corrected chi connectivity index (χ3v) is 2.98. The van der Waals surface area contributed by atoms with Crippen molar-refractivity contribution in [3.63, 3.8) is 0 Å². The van der Waals surface area contributed by atoms with Crippen LogP contribution in [0.2, 0.25) is 0 Å². The molecule has 0 aliphatic rings. The van der Waals surface area contributed by atoms with Gasteiger partial charge in [-0.3, -0.25) is 0 Å². The van der Waals surface area contributed by atoms with E-state index in [4.69, 9.17) is 0 Å². The fraction of sp³-hybridized carbons (Fsp3) is 0.533. The maximum atomic E-state index is 13.3. The van der Waals surface area contributed by atoms with Crippen molar-refractivity contribution >= 4 is 11.7 Å². The zero-order valence-corrected chi connectivity index (χ0v) is 12.1. The van der Waals surface area contributed by atoms with E-state index in [2.05, 4.69) is 24.5 Å². The summed E-state index contributed by atoms with van der Waals surface area (Å²) in [6.07, 6.45) is 2.01. The topological polar surface area (TPSA) is 41.1 Å². The molecule has 0 aliphatic carbocycles. The Morgan fingerprint density at radius 1 is 1.26 bits per heavy atom. The molecule has 0 aromatic heterocycles. The second kappa shape index (κ2) is 7.12. The molecule has 106 valence electrons. The molecular formula is C15H23FN2O. The molecule has 0 heterocycles. The summed E-state index contributed by atoms with van der Waals surface area (Å²) < 4.78 is 13.3. The molecule has 4 heteroatoms. The molecule has 3 nitrogen and oxygen atoms in total. The average Bonchev–Trinajstić information content (AvgIpc) is 2.31. The summed E-state index contributed by atoms with van der Waals surface area (Å²) in [5.41, 5.74) is 1.04. The third-order valence-electron chi connectivity index (χ3n) is 2.98. The van der Waals surface area contributed by atoms with E-state index < -0.39 is 0 Å². The molecular weight excluding hydrogens is 243 g/mol. The van der Waals surface area contributed by atoms with Crippen molar-refractivity contribution in [1.29, 1.82) is 0 Å². The van der Waals surface area contributed by atoms with Gasteiger partial charge in [0.05, 0.1) is 0 Å². The van der Waals surface area contributed by atoms with E-state index in [9.17, 15) is 9.18 Å². The average molecular weight is 266 g/mol. The van der Waals surface area contributed by atoms with E-state index in [0.717, 1.165) is 12.8 Å². The zero-order valence-electron chi connectivity index (χ0n) is 12.1. The second-order valence-electron chi connectivity index (χ2n) is 5.43. The van der Waals surface area contributed by atoms with Gasteiger partial charge >= 0.3 is 6.03 Å². The molecule has 2 amide bonds. The molecule has 1 aromatic carbocycles. The number of urea groups is 1. The maximum absolute atomic E-state index is 13.3. The molecule has 0 radical (unpaired) electrons. The Balaban J connectivity index is 2.44. The number of hydrogen-bond acceptors (Lipinski definition) is 1. The van der Waals surface area contributed by atoms with Crippen molar-refractivity contribution in [2.45, 2.75) is 46.6 Å². The van der Waals surface area contributed by atoms with Crippen molar-refractivity contribution in [3.8, 4) is 0 Å². The Bertz CT molecular complexity index is 432. The molecule has 0 spiro atoms. The van der Waals surface area contributed by atoms with Gasteiger partial charge in [-0.05, 0) is 50.3 Å². The summed E-state index contributed by atoms with van der Waals surface area (Å²) in [7, 11) is 0. The van der Waals surface area contributed by atoms with Crippen molar-refractivity contribution in [1.82, 2.24) is 5.32 Å². The number of amides is 2. The Kier molecular flexibility index (Phi) is 5.80. The first-order valence-electron chi connectivity index (χ1n) is 6.72. The Morgan fingerprint density at radius 2 is 1.95 bits per heavy atom. The number of carbonyl (C=O) groups is 1. The highest BCUT2D eigenvalue weighted by atomic mass is 19.1. The minimum absolute atomic E-state index is 0.109. The molecule has 19 heavy (non-hydrogen) atoms. The number of aryl methyl sites for hydroxylation is 1. The maximum Gasteiger partial charge on any atom is 0.319 e. The van der Waals surface area contributed by atoms with Gasteiger partial charge < -0.3 is 10.6 Å². The van der Waals surface area contributed by atoms with E-state index in [1.165, 1.54) is 6.07 Å². The third kappa shape index (κ3) is 5.73. The molecule has 0 saturated carbocycles. The number of nitrogens with one attached hydrogen (secondary N) is 2. The summed E-state index contributed by atoms with van der Waals surface area (Å²) in [4.78, 5) is 11.7. The fourth-order valence-corrected chi connectivity index (χ4v) is 1.72. The minimum atomic E-state index is -0.314. The molecule has 2 N–H and O–H groups in total. The number of carbonyl (C=O) groups excluding carboxylic acids is 1. The zero-order chi connectivity index (χ0) is 14.4. The predicted molar refractivity (Wildman–Crippen MR) is 76.8 cm³/mol. The van der Waals surface area contributed by atoms with Crippen molar-refractivity contribution in [2.75, 3.05) is 5.32 Å². The first-order valence-corrected chi connectivity index (χ1v) is 6.72. The van der Waals surface area contributed by atoms with Gasteiger partial charge in [-0.15, -0.1) is 0 Å². The van der Waals surface area contributed by atoms with Gasteiger partial charge in [0.25, 0.3) is 0 Å². The van der Waals surface area contributed by atoms with Crippen molar-refractivity contribution in [2.24, 2.45) is 5.92 Å². The molecule has 0 saturated heterocycles. The highest BCUT2D eigenvalue weighted by Gasteiger charge is 2.09. The molecule has 1 unspecified atom stereocenters. The van der Waals surface area contributed by atoms with Crippen LogP contribution in [0, 0.1) is 18.7 Å². The van der Waals surface area contributed by atoms with Crippen LogP contribution < -0.4 is 10.6 Å². The number of benzene rings is 1. The van der Waals surface area contributed by atoms with Crippen LogP contribution in [0.25, 0.3) is 0 Å². The van der Waals surface area contributed by atoms with Crippen LogP contribution in [0.3, 0.4) is 0 Å². The second-order valence-corrected chi connectivity index (χ2v) is 5.43. The molecule has 1 rings (SSSR count). The van der Waals surface area contributed by atoms with Crippen LogP contribution in [0.4, 0.5) is 14.9 Å². The SMILES string of the molecule is Cc1ccc(NC(=O)NC(C)CCC(C)C)cc1F. The number of hydrogen-bond donors (Lipinski definition) is 2. The summed E-state index contributed by atoms with van der Waals surface area (Å²) in [6, 6.07) is 4.48. The largest absolute Gasteiger partial charge is 0.335 e. The number of halogens is 1. The van der Waals surface area contributed by atoms with Gasteiger partial charge in [0.2, 0.25) is 0 Å². The highest BCUT2D eigenvalue weighted by molar-refractivity contribution is 5.89. The van der Waals surface area contributed by atoms with Gasteiger partial charge in [0.1, 0.15) is 5.82 Å². The Morgan fingerprint density at radius 3 is 2.53 bits per heavy atom. The van der Waals surface area contributed by atoms with Gasteiger partial charge in [0, 0.05) is 11.7 Å². The first kappa shape index (κ1) is 15.5. The van der Waals surface area contributed by atoms with Gasteiger partial charge in [-0.1, -0.05) is 19.9 Å². The standard InChI is InChI=1S/C15H23FN2O/c1-10(2)5-7-12(4)17-15(19)18-13-8-6-11(3)14(16)9-13/h6,8-10,12H,5,7H2,1-4H3,(H2,17,18,19). The predicted octanol–water partition coefficient (Wildman–Crippen LogP) is 4.08. The number of anilines is 1. The van der Waals surface area contributed by atoms with Crippen LogP contribution in [0.15, 0.2) is 18.2 Å². The highest BCUT2D eigenvalue weighted by Crippen LogP contribution is 2.13. The lowest BCUT2D eigenvalue weighted by molar-refractivity contribution is 0.248. The smallest absolute Gasteiger partial charge is 0.319 e. The van der Waals surface area contributed by atoms with Crippen molar-refractivity contribution in [3.05, 3.63) is 29.6 Å². The summed E-state index contributed by atoms with van der Waals surface area (Å²) in [5.74, 6) is 0.309. The lowest BCUT2D eigenvalue weighted by atomic mass is 10.0. The van der Waals surface area contributed by atoms with E-state index >= 15 is 0 Å². The van der Waals surface area contributed by atoms with E-state index in [-0.39, 0.29) is 17.9 Å². The lowest BCUT2D eigenvalue weighted by Gasteiger charge is -2.15. The Hall–Kier alpha value is -1.58.